The van der Waals surface area contributed by atoms with Crippen molar-refractivity contribution in [3.05, 3.63) is 0 Å². The molecule has 0 aromatic rings. The highest BCUT2D eigenvalue weighted by molar-refractivity contribution is 6.61. The number of alkyl halides is 18. The molecule has 0 bridgehead atoms. The van der Waals surface area contributed by atoms with Crippen LogP contribution in [0.5, 0.6) is 0 Å². The summed E-state index contributed by atoms with van der Waals surface area (Å²) in [6.07, 6.45) is -49.9. The highest BCUT2D eigenvalue weighted by atomic mass is 28.4. The summed E-state index contributed by atoms with van der Waals surface area (Å²) in [5.74, 6) is -5.07. The van der Waals surface area contributed by atoms with Gasteiger partial charge in [-0.3, -0.25) is 0 Å². The number of rotatable bonds is 15. The Balaban J connectivity index is 6.67. The summed E-state index contributed by atoms with van der Waals surface area (Å²) in [5, 5.41) is 0. The van der Waals surface area contributed by atoms with Crippen LogP contribution in [0.15, 0.2) is 0 Å². The lowest BCUT2D eigenvalue weighted by molar-refractivity contribution is -0.421. The molecule has 0 saturated carbocycles. The summed E-state index contributed by atoms with van der Waals surface area (Å²) in [5.41, 5.74) is 0. The molecule has 0 aromatic heterocycles. The Morgan fingerprint density at radius 3 is 1.18 bits per heavy atom. The second-order valence-electron chi connectivity index (χ2n) is 7.61. The van der Waals surface area contributed by atoms with Gasteiger partial charge in [0, 0.05) is 12.5 Å². The predicted molar refractivity (Wildman–Crippen MR) is 90.0 cm³/mol. The molecule has 0 amide bonds. The van der Waals surface area contributed by atoms with Crippen molar-refractivity contribution < 1.29 is 92.3 Å². The van der Waals surface area contributed by atoms with Crippen molar-refractivity contribution in [2.24, 2.45) is 0 Å². The third-order valence-electron chi connectivity index (χ3n) is 4.37. The van der Waals surface area contributed by atoms with Gasteiger partial charge in [-0.2, -0.15) is 65.9 Å². The van der Waals surface area contributed by atoms with Crippen molar-refractivity contribution in [1.82, 2.24) is 0 Å². The molecular weight excluding hydrogens is 610 g/mol. The molecule has 1 atom stereocenters. The molecule has 0 aliphatic heterocycles. The average Bonchev–Trinajstić information content (AvgIpc) is 2.66. The zero-order valence-corrected chi connectivity index (χ0v) is 19.6. The Kier molecular flexibility index (Phi) is 11.8. The summed E-state index contributed by atoms with van der Waals surface area (Å²) in [6, 6.07) is -3.11. The molecular formula is C16H18F18O3Si. The summed E-state index contributed by atoms with van der Waals surface area (Å²) in [6.45, 7) is 1.62. The average molecular weight is 628 g/mol. The largest absolute Gasteiger partial charge is 0.514 e. The fourth-order valence-corrected chi connectivity index (χ4v) is 5.00. The van der Waals surface area contributed by atoms with E-state index in [1.165, 1.54) is 0 Å². The van der Waals surface area contributed by atoms with Gasteiger partial charge >= 0.3 is 45.7 Å². The van der Waals surface area contributed by atoms with Crippen LogP contribution in [-0.2, 0) is 13.3 Å². The maximum atomic E-state index is 14.1. The molecule has 230 valence electrons. The quantitative estimate of drug-likeness (QED) is 0.103. The van der Waals surface area contributed by atoms with Crippen LogP contribution in [0.25, 0.3) is 0 Å². The van der Waals surface area contributed by atoms with Crippen molar-refractivity contribution in [2.45, 2.75) is 100 Å². The molecule has 0 rings (SSSR count). The normalized spacial score (nSPS) is 16.2. The maximum absolute atomic E-state index is 14.1. The van der Waals surface area contributed by atoms with Crippen molar-refractivity contribution in [3.63, 3.8) is 0 Å². The van der Waals surface area contributed by atoms with E-state index in [1.807, 2.05) is 0 Å². The SMILES string of the molecule is CCCCCCC(F)C(F)(F)CC[Si](OC(F)(F)C(F)(F)F)(OC(F)(F)C(F)(F)F)OC(F)(F)C(F)(F)F. The Bertz CT molecular complexity index is 663. The van der Waals surface area contributed by atoms with Gasteiger partial charge < -0.3 is 13.3 Å². The molecule has 0 heterocycles. The summed E-state index contributed by atoms with van der Waals surface area (Å²) >= 11 is 0. The number of hydrogen-bond acceptors (Lipinski definition) is 3. The van der Waals surface area contributed by atoms with E-state index in [2.05, 4.69) is 13.3 Å². The highest BCUT2D eigenvalue weighted by Gasteiger charge is 2.75. The lowest BCUT2D eigenvalue weighted by Gasteiger charge is -2.38. The minimum atomic E-state index is -8.29. The monoisotopic (exact) mass is 628 g/mol. The van der Waals surface area contributed by atoms with Crippen LogP contribution in [0, 0.1) is 0 Å². The number of halogens is 18. The fraction of sp³-hybridized carbons (Fsp3) is 1.00. The van der Waals surface area contributed by atoms with E-state index in [9.17, 15) is 79.0 Å². The third-order valence-corrected chi connectivity index (χ3v) is 6.94. The minimum absolute atomic E-state index is 0.0917. The van der Waals surface area contributed by atoms with Gasteiger partial charge in [-0.25, -0.2) is 13.2 Å². The lowest BCUT2D eigenvalue weighted by atomic mass is 10.0. The molecule has 0 aliphatic rings. The van der Waals surface area contributed by atoms with Gasteiger partial charge in [0.05, 0.1) is 0 Å². The van der Waals surface area contributed by atoms with Gasteiger partial charge in [0.2, 0.25) is 0 Å². The van der Waals surface area contributed by atoms with Crippen molar-refractivity contribution in [1.29, 1.82) is 0 Å². The van der Waals surface area contributed by atoms with Crippen LogP contribution in [0.3, 0.4) is 0 Å². The van der Waals surface area contributed by atoms with E-state index in [4.69, 9.17) is 0 Å². The number of hydrogen-bond donors (Lipinski definition) is 0. The first kappa shape index (κ1) is 36.8. The first-order valence-electron chi connectivity index (χ1n) is 10.0. The van der Waals surface area contributed by atoms with Crippen molar-refractivity contribution >= 4 is 8.80 Å². The van der Waals surface area contributed by atoms with Crippen molar-refractivity contribution in [2.75, 3.05) is 0 Å². The molecule has 0 spiro atoms. The predicted octanol–water partition coefficient (Wildman–Crippen LogP) is 8.77. The number of unbranched alkanes of at least 4 members (excludes halogenated alkanes) is 3. The molecule has 0 fully saturated rings. The maximum Gasteiger partial charge on any atom is 0.514 e. The van der Waals surface area contributed by atoms with Crippen LogP contribution in [0.1, 0.15) is 45.4 Å². The van der Waals surface area contributed by atoms with Crippen LogP contribution in [0.4, 0.5) is 79.0 Å². The molecule has 0 N–H and O–H groups in total. The van der Waals surface area contributed by atoms with Crippen molar-refractivity contribution in [3.8, 4) is 0 Å². The molecule has 0 aliphatic carbocycles. The van der Waals surface area contributed by atoms with E-state index in [1.54, 1.807) is 6.92 Å². The molecule has 0 radical (unpaired) electrons. The van der Waals surface area contributed by atoms with Crippen LogP contribution >= 0.6 is 0 Å². The van der Waals surface area contributed by atoms with E-state index >= 15 is 0 Å². The first-order valence-corrected chi connectivity index (χ1v) is 11.9. The lowest BCUT2D eigenvalue weighted by Crippen LogP contribution is -2.63. The topological polar surface area (TPSA) is 27.7 Å². The second kappa shape index (κ2) is 12.1. The molecule has 0 aromatic carbocycles. The zero-order valence-electron chi connectivity index (χ0n) is 18.6. The highest BCUT2D eigenvalue weighted by Crippen LogP contribution is 2.49. The second-order valence-corrected chi connectivity index (χ2v) is 10.1. The van der Waals surface area contributed by atoms with Gasteiger partial charge in [0.1, 0.15) is 0 Å². The van der Waals surface area contributed by atoms with Gasteiger partial charge in [0.15, 0.2) is 6.17 Å². The van der Waals surface area contributed by atoms with Crippen LogP contribution < -0.4 is 0 Å². The smallest absolute Gasteiger partial charge is 0.306 e. The van der Waals surface area contributed by atoms with E-state index in [0.29, 0.717) is 12.8 Å². The molecule has 0 saturated heterocycles. The third kappa shape index (κ3) is 10.1. The van der Waals surface area contributed by atoms with Gasteiger partial charge in [0.25, 0.3) is 5.92 Å². The zero-order chi connectivity index (χ0) is 30.6. The Morgan fingerprint density at radius 2 is 0.895 bits per heavy atom. The Hall–Kier alpha value is -1.16. The minimum Gasteiger partial charge on any atom is -0.306 e. The van der Waals surface area contributed by atoms with E-state index < -0.39 is 76.6 Å². The Labute approximate surface area is 202 Å². The standard InChI is InChI=1S/C16H18F18O3Si/c1-2-3-4-5-6-9(17)10(18,19)7-8-38(35-14(29,30)11(20,21)22,36-15(31,32)12(23,24)25)37-16(33,34)13(26,27)28/h9H,2-8H2,1H3. The summed E-state index contributed by atoms with van der Waals surface area (Å²) in [4.78, 5) is 0. The molecule has 22 heteroatoms. The van der Waals surface area contributed by atoms with Gasteiger partial charge in [-0.05, 0) is 6.42 Å². The summed E-state index contributed by atoms with van der Waals surface area (Å²) < 4.78 is 243. The molecule has 3 nitrogen and oxygen atoms in total. The van der Waals surface area contributed by atoms with E-state index in [-0.39, 0.29) is 12.8 Å². The van der Waals surface area contributed by atoms with E-state index in [0.717, 1.165) is 0 Å². The molecule has 1 unspecified atom stereocenters. The molecule has 38 heavy (non-hydrogen) atoms. The summed E-state index contributed by atoms with van der Waals surface area (Å²) in [7, 11) is -8.29. The Morgan fingerprint density at radius 1 is 0.553 bits per heavy atom. The first-order chi connectivity index (χ1) is 16.6. The van der Waals surface area contributed by atoms with Gasteiger partial charge in [-0.15, -0.1) is 0 Å². The van der Waals surface area contributed by atoms with Crippen LogP contribution in [0.2, 0.25) is 6.04 Å². The van der Waals surface area contributed by atoms with Crippen LogP contribution in [-0.4, -0.2) is 57.8 Å². The van der Waals surface area contributed by atoms with Gasteiger partial charge in [-0.1, -0.05) is 32.6 Å². The fourth-order valence-electron chi connectivity index (χ4n) is 2.41.